The van der Waals surface area contributed by atoms with E-state index in [1.54, 1.807) is 0 Å². The largest absolute Gasteiger partial charge is 0.374 e. The number of hydrogen-bond donors (Lipinski definition) is 2. The summed E-state index contributed by atoms with van der Waals surface area (Å²) >= 11 is 0. The molecule has 2 rings (SSSR count). The first kappa shape index (κ1) is 15.4. The Kier molecular flexibility index (Phi) is 5.61. The molecule has 0 aliphatic carbocycles. The van der Waals surface area contributed by atoms with Crippen LogP contribution in [0.25, 0.3) is 10.8 Å². The van der Waals surface area contributed by atoms with E-state index in [2.05, 4.69) is 41.8 Å². The van der Waals surface area contributed by atoms with Gasteiger partial charge < -0.3 is 10.6 Å². The molecule has 21 heavy (non-hydrogen) atoms. The van der Waals surface area contributed by atoms with E-state index in [0.717, 1.165) is 25.1 Å². The molecule has 0 spiro atoms. The molecule has 2 N–H and O–H groups in total. The highest BCUT2D eigenvalue weighted by Crippen LogP contribution is 2.19. The smallest absolute Gasteiger partial charge is 0.242 e. The summed E-state index contributed by atoms with van der Waals surface area (Å²) in [4.78, 5) is 12.0. The van der Waals surface area contributed by atoms with Crippen LogP contribution in [-0.2, 0) is 4.79 Å². The fraction of sp³-hybridized carbons (Fsp3) is 0.389. The Morgan fingerprint density at radius 2 is 1.86 bits per heavy atom. The molecule has 0 heterocycles. The van der Waals surface area contributed by atoms with Crippen LogP contribution < -0.4 is 10.6 Å². The van der Waals surface area contributed by atoms with Crippen LogP contribution in [0.1, 0.15) is 33.1 Å². The highest BCUT2D eigenvalue weighted by atomic mass is 16.2. The van der Waals surface area contributed by atoms with E-state index in [1.165, 1.54) is 17.2 Å². The average Bonchev–Trinajstić information content (AvgIpc) is 2.51. The van der Waals surface area contributed by atoms with Gasteiger partial charge in [-0.15, -0.1) is 0 Å². The molecule has 2 aromatic carbocycles. The van der Waals surface area contributed by atoms with Crippen molar-refractivity contribution < 1.29 is 4.79 Å². The molecule has 1 amide bonds. The average molecular weight is 284 g/mol. The van der Waals surface area contributed by atoms with Gasteiger partial charge in [0.2, 0.25) is 5.91 Å². The lowest BCUT2D eigenvalue weighted by molar-refractivity contribution is -0.121. The van der Waals surface area contributed by atoms with Crippen LogP contribution in [0.2, 0.25) is 0 Å². The lowest BCUT2D eigenvalue weighted by Crippen LogP contribution is -2.38. The second-order valence-electron chi connectivity index (χ2n) is 5.43. The lowest BCUT2D eigenvalue weighted by atomic mass is 10.1. The van der Waals surface area contributed by atoms with Crippen LogP contribution in [0.3, 0.4) is 0 Å². The normalized spacial score (nSPS) is 12.1. The van der Waals surface area contributed by atoms with Crippen molar-refractivity contribution >= 4 is 22.4 Å². The molecule has 0 saturated heterocycles. The highest BCUT2D eigenvalue weighted by molar-refractivity contribution is 5.88. The maximum atomic E-state index is 12.0. The predicted molar refractivity (Wildman–Crippen MR) is 89.6 cm³/mol. The fourth-order valence-electron chi connectivity index (χ4n) is 2.33. The number of amides is 1. The third kappa shape index (κ3) is 4.48. The topological polar surface area (TPSA) is 41.1 Å². The number of hydrogen-bond acceptors (Lipinski definition) is 2. The van der Waals surface area contributed by atoms with Gasteiger partial charge >= 0.3 is 0 Å². The van der Waals surface area contributed by atoms with Gasteiger partial charge in [-0.05, 0) is 36.2 Å². The number of carbonyl (C=O) groups is 1. The Bertz CT molecular complexity index is 595. The van der Waals surface area contributed by atoms with Crippen molar-refractivity contribution in [2.45, 2.75) is 39.2 Å². The van der Waals surface area contributed by atoms with Crippen LogP contribution >= 0.6 is 0 Å². The summed E-state index contributed by atoms with van der Waals surface area (Å²) in [5, 5.41) is 8.62. The van der Waals surface area contributed by atoms with E-state index in [4.69, 9.17) is 0 Å². The summed E-state index contributed by atoms with van der Waals surface area (Å²) in [6, 6.07) is 14.2. The molecule has 1 atom stereocenters. The first-order valence-electron chi connectivity index (χ1n) is 7.73. The SMILES string of the molecule is CCCCCNC(=O)C(C)Nc1ccc2ccccc2c1. The quantitative estimate of drug-likeness (QED) is 0.756. The summed E-state index contributed by atoms with van der Waals surface area (Å²) < 4.78 is 0. The van der Waals surface area contributed by atoms with E-state index in [0.29, 0.717) is 0 Å². The molecular formula is C18H24N2O. The van der Waals surface area contributed by atoms with E-state index < -0.39 is 0 Å². The van der Waals surface area contributed by atoms with Crippen LogP contribution in [0.5, 0.6) is 0 Å². The maximum Gasteiger partial charge on any atom is 0.242 e. The molecule has 3 heteroatoms. The number of unbranched alkanes of at least 4 members (excludes halogenated alkanes) is 2. The number of rotatable bonds is 7. The Labute approximate surface area is 126 Å². The minimum Gasteiger partial charge on any atom is -0.374 e. The zero-order chi connectivity index (χ0) is 15.1. The van der Waals surface area contributed by atoms with Crippen LogP contribution in [-0.4, -0.2) is 18.5 Å². The first-order chi connectivity index (χ1) is 10.2. The number of nitrogens with one attached hydrogen (secondary N) is 2. The minimum absolute atomic E-state index is 0.0549. The second-order valence-corrected chi connectivity index (χ2v) is 5.43. The molecule has 0 bridgehead atoms. The molecule has 0 fully saturated rings. The zero-order valence-electron chi connectivity index (χ0n) is 12.9. The van der Waals surface area contributed by atoms with Crippen LogP contribution in [0, 0.1) is 0 Å². The van der Waals surface area contributed by atoms with Crippen molar-refractivity contribution in [3.8, 4) is 0 Å². The lowest BCUT2D eigenvalue weighted by Gasteiger charge is -2.15. The molecule has 2 aromatic rings. The van der Waals surface area contributed by atoms with Crippen LogP contribution in [0.15, 0.2) is 42.5 Å². The summed E-state index contributed by atoms with van der Waals surface area (Å²) in [6.45, 7) is 4.81. The molecule has 1 unspecified atom stereocenters. The molecule has 0 aliphatic heterocycles. The molecule has 3 nitrogen and oxygen atoms in total. The fourth-order valence-corrected chi connectivity index (χ4v) is 2.33. The Morgan fingerprint density at radius 3 is 2.62 bits per heavy atom. The Morgan fingerprint density at radius 1 is 1.10 bits per heavy atom. The van der Waals surface area contributed by atoms with Gasteiger partial charge in [-0.3, -0.25) is 4.79 Å². The van der Waals surface area contributed by atoms with Gasteiger partial charge in [0.1, 0.15) is 6.04 Å². The first-order valence-corrected chi connectivity index (χ1v) is 7.73. The van der Waals surface area contributed by atoms with Crippen molar-refractivity contribution in [3.05, 3.63) is 42.5 Å². The van der Waals surface area contributed by atoms with Crippen molar-refractivity contribution in [1.82, 2.24) is 5.32 Å². The summed E-state index contributed by atoms with van der Waals surface area (Å²) in [5.74, 6) is 0.0549. The molecular weight excluding hydrogens is 260 g/mol. The number of fused-ring (bicyclic) bond motifs is 1. The maximum absolute atomic E-state index is 12.0. The van der Waals surface area contributed by atoms with E-state index >= 15 is 0 Å². The van der Waals surface area contributed by atoms with Crippen molar-refractivity contribution in [2.75, 3.05) is 11.9 Å². The molecule has 0 saturated carbocycles. The number of carbonyl (C=O) groups excluding carboxylic acids is 1. The summed E-state index contributed by atoms with van der Waals surface area (Å²) in [7, 11) is 0. The monoisotopic (exact) mass is 284 g/mol. The molecule has 0 radical (unpaired) electrons. The van der Waals surface area contributed by atoms with Crippen molar-refractivity contribution in [1.29, 1.82) is 0 Å². The predicted octanol–water partition coefficient (Wildman–Crippen LogP) is 3.95. The minimum atomic E-state index is -0.229. The van der Waals surface area contributed by atoms with Gasteiger partial charge in [0, 0.05) is 12.2 Å². The van der Waals surface area contributed by atoms with Gasteiger partial charge in [-0.25, -0.2) is 0 Å². The van der Waals surface area contributed by atoms with Crippen molar-refractivity contribution in [3.63, 3.8) is 0 Å². The number of anilines is 1. The van der Waals surface area contributed by atoms with E-state index in [1.807, 2.05) is 25.1 Å². The van der Waals surface area contributed by atoms with Gasteiger partial charge in [-0.2, -0.15) is 0 Å². The number of benzene rings is 2. The van der Waals surface area contributed by atoms with E-state index in [9.17, 15) is 4.79 Å². The summed E-state index contributed by atoms with van der Waals surface area (Å²) in [5.41, 5.74) is 0.977. The van der Waals surface area contributed by atoms with E-state index in [-0.39, 0.29) is 11.9 Å². The van der Waals surface area contributed by atoms with Crippen molar-refractivity contribution in [2.24, 2.45) is 0 Å². The Hall–Kier alpha value is -2.03. The Balaban J connectivity index is 1.91. The van der Waals surface area contributed by atoms with Gasteiger partial charge in [0.25, 0.3) is 0 Å². The molecule has 112 valence electrons. The second kappa shape index (κ2) is 7.67. The van der Waals surface area contributed by atoms with Crippen LogP contribution in [0.4, 0.5) is 5.69 Å². The van der Waals surface area contributed by atoms with Gasteiger partial charge in [0.05, 0.1) is 0 Å². The third-order valence-corrected chi connectivity index (χ3v) is 3.61. The van der Waals surface area contributed by atoms with Gasteiger partial charge in [-0.1, -0.05) is 50.1 Å². The molecule has 0 aliphatic rings. The molecule has 0 aromatic heterocycles. The third-order valence-electron chi connectivity index (χ3n) is 3.61. The standard InChI is InChI=1S/C18H24N2O/c1-3-4-7-12-19-18(21)14(2)20-17-11-10-15-8-5-6-9-16(15)13-17/h5-6,8-11,13-14,20H,3-4,7,12H2,1-2H3,(H,19,21). The summed E-state index contributed by atoms with van der Waals surface area (Å²) in [6.07, 6.45) is 3.37. The highest BCUT2D eigenvalue weighted by Gasteiger charge is 2.11. The zero-order valence-corrected chi connectivity index (χ0v) is 12.9. The van der Waals surface area contributed by atoms with Gasteiger partial charge in [0.15, 0.2) is 0 Å².